The van der Waals surface area contributed by atoms with Crippen molar-refractivity contribution in [1.82, 2.24) is 4.98 Å². The van der Waals surface area contributed by atoms with E-state index in [9.17, 15) is 4.79 Å². The summed E-state index contributed by atoms with van der Waals surface area (Å²) in [7, 11) is 0. The number of carbonyl (C=O) groups excluding carboxylic acids is 1. The van der Waals surface area contributed by atoms with Crippen LogP contribution in [0.15, 0.2) is 30.5 Å². The highest BCUT2D eigenvalue weighted by atomic mass is 16.5. The fourth-order valence-electron chi connectivity index (χ4n) is 1.72. The van der Waals surface area contributed by atoms with Crippen molar-refractivity contribution in [2.45, 2.75) is 26.3 Å². The van der Waals surface area contributed by atoms with E-state index in [1.807, 2.05) is 19.2 Å². The van der Waals surface area contributed by atoms with Crippen LogP contribution in [0.4, 0.5) is 0 Å². The van der Waals surface area contributed by atoms with Crippen LogP contribution in [0, 0.1) is 0 Å². The van der Waals surface area contributed by atoms with E-state index in [1.54, 1.807) is 6.92 Å². The Morgan fingerprint density at radius 1 is 1.44 bits per heavy atom. The highest BCUT2D eigenvalue weighted by Gasteiger charge is 2.03. The van der Waals surface area contributed by atoms with Crippen LogP contribution in [0.5, 0.6) is 0 Å². The van der Waals surface area contributed by atoms with Gasteiger partial charge in [0.2, 0.25) is 0 Å². The number of aromatic amines is 1. The normalized spacial score (nSPS) is 11.5. The number of aromatic nitrogens is 1. The average Bonchev–Trinajstić information content (AvgIpc) is 2.74. The van der Waals surface area contributed by atoms with E-state index in [0.29, 0.717) is 13.1 Å². The zero-order valence-electron chi connectivity index (χ0n) is 10.8. The first-order valence-corrected chi connectivity index (χ1v) is 6.04. The lowest BCUT2D eigenvalue weighted by Gasteiger charge is -2.02. The minimum atomic E-state index is 0.221. The lowest BCUT2D eigenvalue weighted by molar-refractivity contribution is -0.128. The lowest BCUT2D eigenvalue weighted by Crippen LogP contribution is -2.17. The molecule has 18 heavy (non-hydrogen) atoms. The molecule has 0 spiro atoms. The third-order valence-corrected chi connectivity index (χ3v) is 2.45. The van der Waals surface area contributed by atoms with Gasteiger partial charge in [-0.05, 0) is 31.9 Å². The highest BCUT2D eigenvalue weighted by Crippen LogP contribution is 2.18. The molecular formula is C14H20N2O2. The zero-order valence-corrected chi connectivity index (χ0v) is 10.8. The molecular weight excluding hydrogens is 228 g/mol. The van der Waals surface area contributed by atoms with E-state index < -0.39 is 0 Å². The van der Waals surface area contributed by atoms with Gasteiger partial charge in [-0.15, -0.1) is 0 Å². The Bertz CT molecular complexity index is 477. The van der Waals surface area contributed by atoms with Crippen molar-refractivity contribution in [2.75, 3.05) is 6.61 Å². The predicted molar refractivity (Wildman–Crippen MR) is 73.3 cm³/mol. The molecule has 0 saturated carbocycles. The van der Waals surface area contributed by atoms with Gasteiger partial charge in [0, 0.05) is 23.1 Å². The van der Waals surface area contributed by atoms with Crippen LogP contribution in [0.3, 0.4) is 0 Å². The van der Waals surface area contributed by atoms with Gasteiger partial charge in [0.15, 0.2) is 0 Å². The Kier molecular flexibility index (Phi) is 5.94. The molecule has 0 saturated heterocycles. The van der Waals surface area contributed by atoms with E-state index in [1.165, 1.54) is 16.5 Å². The first-order valence-electron chi connectivity index (χ1n) is 6.04. The summed E-state index contributed by atoms with van der Waals surface area (Å²) in [4.78, 5) is 12.4. The van der Waals surface area contributed by atoms with E-state index >= 15 is 0 Å². The molecule has 0 aliphatic heterocycles. The van der Waals surface area contributed by atoms with Gasteiger partial charge in [-0.3, -0.25) is 4.79 Å². The first kappa shape index (κ1) is 14.3. The van der Waals surface area contributed by atoms with Gasteiger partial charge in [0.1, 0.15) is 0 Å². The van der Waals surface area contributed by atoms with Crippen molar-refractivity contribution < 1.29 is 9.53 Å². The van der Waals surface area contributed by atoms with Gasteiger partial charge in [-0.25, -0.2) is 0 Å². The molecule has 1 aromatic heterocycles. The molecule has 2 rings (SSSR count). The van der Waals surface area contributed by atoms with E-state index in [2.05, 4.69) is 27.9 Å². The van der Waals surface area contributed by atoms with Crippen molar-refractivity contribution in [1.29, 1.82) is 0 Å². The quantitative estimate of drug-likeness (QED) is 0.815. The Balaban J connectivity index is 0.000000280. The number of ether oxygens (including phenoxy) is 1. The number of benzene rings is 1. The van der Waals surface area contributed by atoms with Crippen molar-refractivity contribution in [2.24, 2.45) is 5.73 Å². The van der Waals surface area contributed by atoms with Crippen LogP contribution in [-0.4, -0.2) is 24.1 Å². The summed E-state index contributed by atoms with van der Waals surface area (Å²) in [6.07, 6.45) is 2.98. The van der Waals surface area contributed by atoms with Crippen LogP contribution in [-0.2, 0) is 16.0 Å². The van der Waals surface area contributed by atoms with Crippen LogP contribution >= 0.6 is 0 Å². The Morgan fingerprint density at radius 3 is 2.72 bits per heavy atom. The molecule has 98 valence electrons. The molecule has 0 bridgehead atoms. The van der Waals surface area contributed by atoms with Gasteiger partial charge in [0.05, 0.1) is 6.61 Å². The topological polar surface area (TPSA) is 68.1 Å². The number of nitrogens with one attached hydrogen (secondary N) is 1. The molecule has 3 N–H and O–H groups in total. The van der Waals surface area contributed by atoms with Crippen molar-refractivity contribution >= 4 is 17.4 Å². The number of para-hydroxylation sites is 1. The maximum absolute atomic E-state index is 9.18. The first-order chi connectivity index (χ1) is 8.69. The molecule has 1 atom stereocenters. The molecule has 1 heterocycles. The summed E-state index contributed by atoms with van der Waals surface area (Å²) in [5.41, 5.74) is 8.26. The second-order valence-corrected chi connectivity index (χ2v) is 4.09. The number of hydrogen-bond acceptors (Lipinski definition) is 3. The Morgan fingerprint density at radius 2 is 2.17 bits per heavy atom. The second-order valence-electron chi connectivity index (χ2n) is 4.09. The van der Waals surface area contributed by atoms with E-state index in [-0.39, 0.29) is 6.04 Å². The molecule has 1 aromatic carbocycles. The van der Waals surface area contributed by atoms with Crippen LogP contribution < -0.4 is 5.73 Å². The van der Waals surface area contributed by atoms with Gasteiger partial charge in [-0.2, -0.15) is 0 Å². The SMILES string of the molecule is CC(N)Cc1c[nH]c2ccccc12.CCOC=O. The minimum absolute atomic E-state index is 0.221. The number of hydrogen-bond donors (Lipinski definition) is 2. The van der Waals surface area contributed by atoms with Crippen LogP contribution in [0.25, 0.3) is 10.9 Å². The molecule has 4 heteroatoms. The summed E-state index contributed by atoms with van der Waals surface area (Å²) in [5, 5.41) is 1.29. The Hall–Kier alpha value is -1.81. The highest BCUT2D eigenvalue weighted by molar-refractivity contribution is 5.83. The fourth-order valence-corrected chi connectivity index (χ4v) is 1.72. The number of nitrogens with two attached hydrogens (primary N) is 1. The summed E-state index contributed by atoms with van der Waals surface area (Å²) < 4.78 is 4.15. The largest absolute Gasteiger partial charge is 0.468 e. The molecule has 0 radical (unpaired) electrons. The van der Waals surface area contributed by atoms with Gasteiger partial charge >= 0.3 is 0 Å². The van der Waals surface area contributed by atoms with Crippen LogP contribution in [0.2, 0.25) is 0 Å². The van der Waals surface area contributed by atoms with Crippen LogP contribution in [0.1, 0.15) is 19.4 Å². The summed E-state index contributed by atoms with van der Waals surface area (Å²) in [5.74, 6) is 0. The molecule has 0 aliphatic rings. The molecule has 4 nitrogen and oxygen atoms in total. The van der Waals surface area contributed by atoms with Gasteiger partial charge in [0.25, 0.3) is 6.47 Å². The second kappa shape index (κ2) is 7.50. The summed E-state index contributed by atoms with van der Waals surface area (Å²) in [6, 6.07) is 8.53. The predicted octanol–water partition coefficient (Wildman–Crippen LogP) is 2.24. The monoisotopic (exact) mass is 248 g/mol. The van der Waals surface area contributed by atoms with Crippen molar-refractivity contribution in [3.05, 3.63) is 36.0 Å². The number of rotatable bonds is 4. The van der Waals surface area contributed by atoms with E-state index in [4.69, 9.17) is 5.73 Å². The molecule has 0 fully saturated rings. The van der Waals surface area contributed by atoms with Gasteiger partial charge in [-0.1, -0.05) is 18.2 Å². The number of carbonyl (C=O) groups is 1. The number of fused-ring (bicyclic) bond motifs is 1. The van der Waals surface area contributed by atoms with Gasteiger partial charge < -0.3 is 15.5 Å². The lowest BCUT2D eigenvalue weighted by atomic mass is 10.1. The standard InChI is InChI=1S/C11H14N2.C3H6O2/c1-8(12)6-9-7-13-11-5-3-2-4-10(9)11;1-2-5-3-4/h2-5,7-8,13H,6,12H2,1H3;3H,2H2,1H3. The maximum Gasteiger partial charge on any atom is 0.293 e. The molecule has 0 aliphatic carbocycles. The van der Waals surface area contributed by atoms with Crippen molar-refractivity contribution in [3.8, 4) is 0 Å². The minimum Gasteiger partial charge on any atom is -0.468 e. The summed E-state index contributed by atoms with van der Waals surface area (Å²) in [6.45, 7) is 4.69. The maximum atomic E-state index is 9.18. The molecule has 0 amide bonds. The molecule has 2 aromatic rings. The molecule has 1 unspecified atom stereocenters. The smallest absolute Gasteiger partial charge is 0.293 e. The fraction of sp³-hybridized carbons (Fsp3) is 0.357. The number of H-pyrrole nitrogens is 1. The third-order valence-electron chi connectivity index (χ3n) is 2.45. The Labute approximate surface area is 107 Å². The summed E-state index contributed by atoms with van der Waals surface area (Å²) >= 11 is 0. The third kappa shape index (κ3) is 4.22. The van der Waals surface area contributed by atoms with E-state index in [0.717, 1.165) is 6.42 Å². The van der Waals surface area contributed by atoms with Crippen molar-refractivity contribution in [3.63, 3.8) is 0 Å². The average molecular weight is 248 g/mol. The zero-order chi connectivity index (χ0) is 13.4.